The minimum Gasteiger partial charge on any atom is -0.352 e. The van der Waals surface area contributed by atoms with E-state index in [2.05, 4.69) is 10.6 Å². The van der Waals surface area contributed by atoms with E-state index in [-0.39, 0.29) is 36.8 Å². The van der Waals surface area contributed by atoms with Gasteiger partial charge in [-0.1, -0.05) is 6.42 Å². The zero-order valence-electron chi connectivity index (χ0n) is 10.8. The Morgan fingerprint density at radius 2 is 2.00 bits per heavy atom. The Morgan fingerprint density at radius 3 is 2.56 bits per heavy atom. The lowest BCUT2D eigenvalue weighted by molar-refractivity contribution is -0.136. The van der Waals surface area contributed by atoms with Crippen LogP contribution >= 0.6 is 12.4 Å². The summed E-state index contributed by atoms with van der Waals surface area (Å²) in [4.78, 5) is 25.1. The Kier molecular flexibility index (Phi) is 5.88. The minimum absolute atomic E-state index is 0. The van der Waals surface area contributed by atoms with Gasteiger partial charge in [-0.05, 0) is 32.2 Å². The Bertz CT molecular complexity index is 302. The summed E-state index contributed by atoms with van der Waals surface area (Å²) in [6.45, 7) is 1.08. The number of likely N-dealkylation sites (N-methyl/N-ethyl adjacent to an activating group) is 1. The third kappa shape index (κ3) is 4.46. The molecule has 0 aromatic carbocycles. The summed E-state index contributed by atoms with van der Waals surface area (Å²) < 4.78 is 0. The maximum Gasteiger partial charge on any atom is 0.239 e. The summed E-state index contributed by atoms with van der Waals surface area (Å²) in [5.41, 5.74) is 0. The molecule has 1 unspecified atom stereocenters. The average molecular weight is 276 g/mol. The van der Waals surface area contributed by atoms with Crippen LogP contribution in [0.4, 0.5) is 0 Å². The molecule has 2 rings (SSSR count). The second-order valence-electron chi connectivity index (χ2n) is 5.04. The maximum atomic E-state index is 12.0. The molecular weight excluding hydrogens is 254 g/mol. The van der Waals surface area contributed by atoms with Crippen LogP contribution in [-0.2, 0) is 9.59 Å². The van der Waals surface area contributed by atoms with Gasteiger partial charge in [0, 0.05) is 13.1 Å². The minimum atomic E-state index is -0.0949. The highest BCUT2D eigenvalue weighted by Gasteiger charge is 2.27. The first-order chi connectivity index (χ1) is 8.16. The first-order valence-electron chi connectivity index (χ1n) is 6.44. The zero-order chi connectivity index (χ0) is 12.3. The molecule has 0 aromatic heterocycles. The molecule has 2 fully saturated rings. The number of carbonyl (C=O) groups is 2. The molecule has 0 aromatic rings. The second-order valence-corrected chi connectivity index (χ2v) is 5.04. The normalized spacial score (nSPS) is 22.8. The number of nitrogens with zero attached hydrogens (tertiary/aromatic N) is 1. The van der Waals surface area contributed by atoms with Crippen LogP contribution < -0.4 is 10.6 Å². The lowest BCUT2D eigenvalue weighted by Gasteiger charge is -2.27. The van der Waals surface area contributed by atoms with Gasteiger partial charge >= 0.3 is 0 Å². The Hall–Kier alpha value is -0.810. The first-order valence-corrected chi connectivity index (χ1v) is 6.44. The summed E-state index contributed by atoms with van der Waals surface area (Å²) in [5, 5.41) is 6.09. The van der Waals surface area contributed by atoms with Crippen molar-refractivity contribution in [1.29, 1.82) is 0 Å². The predicted octanol–water partition coefficient (Wildman–Crippen LogP) is 0.287. The van der Waals surface area contributed by atoms with Crippen molar-refractivity contribution in [2.75, 3.05) is 20.1 Å². The standard InChI is InChI=1S/C12H21N3O2.ClH/c1-15(8-11(16)14-9-5-6-9)12(17)10-4-2-3-7-13-10;/h9-10,13H,2-8H2,1H3,(H,14,16);1H. The number of hydrogen-bond acceptors (Lipinski definition) is 3. The highest BCUT2D eigenvalue weighted by Crippen LogP contribution is 2.18. The molecule has 1 heterocycles. The van der Waals surface area contributed by atoms with E-state index in [1.807, 2.05) is 0 Å². The molecule has 1 saturated heterocycles. The third-order valence-corrected chi connectivity index (χ3v) is 3.31. The van der Waals surface area contributed by atoms with Crippen molar-refractivity contribution in [1.82, 2.24) is 15.5 Å². The van der Waals surface area contributed by atoms with Crippen molar-refractivity contribution < 1.29 is 9.59 Å². The molecule has 1 saturated carbocycles. The van der Waals surface area contributed by atoms with Crippen LogP contribution in [0, 0.1) is 0 Å². The molecule has 1 aliphatic carbocycles. The van der Waals surface area contributed by atoms with E-state index in [9.17, 15) is 9.59 Å². The van der Waals surface area contributed by atoms with Crippen molar-refractivity contribution in [2.45, 2.75) is 44.2 Å². The van der Waals surface area contributed by atoms with Gasteiger partial charge in [-0.2, -0.15) is 0 Å². The van der Waals surface area contributed by atoms with Crippen LogP contribution in [0.3, 0.4) is 0 Å². The fourth-order valence-corrected chi connectivity index (χ4v) is 2.12. The van der Waals surface area contributed by atoms with E-state index in [0.717, 1.165) is 38.6 Å². The van der Waals surface area contributed by atoms with E-state index in [0.29, 0.717) is 6.04 Å². The van der Waals surface area contributed by atoms with E-state index in [1.165, 1.54) is 4.90 Å². The fraction of sp³-hybridized carbons (Fsp3) is 0.833. The largest absolute Gasteiger partial charge is 0.352 e. The summed E-state index contributed by atoms with van der Waals surface area (Å²) in [7, 11) is 1.70. The molecule has 5 nitrogen and oxygen atoms in total. The molecule has 0 bridgehead atoms. The number of nitrogens with one attached hydrogen (secondary N) is 2. The van der Waals surface area contributed by atoms with Gasteiger partial charge in [-0.3, -0.25) is 9.59 Å². The van der Waals surface area contributed by atoms with Crippen LogP contribution in [0.1, 0.15) is 32.1 Å². The first kappa shape index (κ1) is 15.2. The van der Waals surface area contributed by atoms with Crippen molar-refractivity contribution in [3.63, 3.8) is 0 Å². The topological polar surface area (TPSA) is 61.4 Å². The molecule has 2 N–H and O–H groups in total. The van der Waals surface area contributed by atoms with Crippen LogP contribution in [0.25, 0.3) is 0 Å². The van der Waals surface area contributed by atoms with E-state index in [1.54, 1.807) is 7.05 Å². The second kappa shape index (κ2) is 6.95. The summed E-state index contributed by atoms with van der Waals surface area (Å²) in [6.07, 6.45) is 5.26. The van der Waals surface area contributed by atoms with Crippen molar-refractivity contribution in [3.05, 3.63) is 0 Å². The summed E-state index contributed by atoms with van der Waals surface area (Å²) >= 11 is 0. The number of halogens is 1. The number of rotatable bonds is 4. The van der Waals surface area contributed by atoms with Gasteiger partial charge in [0.25, 0.3) is 0 Å². The van der Waals surface area contributed by atoms with Gasteiger partial charge in [0.05, 0.1) is 12.6 Å². The van der Waals surface area contributed by atoms with Gasteiger partial charge in [-0.25, -0.2) is 0 Å². The SMILES string of the molecule is CN(CC(=O)NC1CC1)C(=O)C1CCCCN1.Cl. The molecule has 104 valence electrons. The Morgan fingerprint density at radius 1 is 1.28 bits per heavy atom. The maximum absolute atomic E-state index is 12.0. The molecule has 6 heteroatoms. The van der Waals surface area contributed by atoms with Crippen LogP contribution in [0.5, 0.6) is 0 Å². The fourth-order valence-electron chi connectivity index (χ4n) is 2.12. The smallest absolute Gasteiger partial charge is 0.239 e. The summed E-state index contributed by atoms with van der Waals surface area (Å²) in [6, 6.07) is 0.265. The van der Waals surface area contributed by atoms with Crippen LogP contribution in [0.15, 0.2) is 0 Å². The number of carbonyl (C=O) groups excluding carboxylic acids is 2. The summed E-state index contributed by atoms with van der Waals surface area (Å²) in [5.74, 6) is -0.00481. The van der Waals surface area contributed by atoms with Crippen LogP contribution in [-0.4, -0.2) is 48.9 Å². The van der Waals surface area contributed by atoms with E-state index >= 15 is 0 Å². The van der Waals surface area contributed by atoms with Crippen molar-refractivity contribution in [2.24, 2.45) is 0 Å². The van der Waals surface area contributed by atoms with Gasteiger partial charge in [0.15, 0.2) is 0 Å². The molecule has 1 atom stereocenters. The van der Waals surface area contributed by atoms with Gasteiger partial charge in [0.2, 0.25) is 11.8 Å². The van der Waals surface area contributed by atoms with Crippen molar-refractivity contribution >= 4 is 24.2 Å². The van der Waals surface area contributed by atoms with Gasteiger partial charge in [0.1, 0.15) is 0 Å². The molecular formula is C12H22ClN3O2. The number of piperidine rings is 1. The number of hydrogen-bond donors (Lipinski definition) is 2. The van der Waals surface area contributed by atoms with Crippen LogP contribution in [0.2, 0.25) is 0 Å². The lowest BCUT2D eigenvalue weighted by Crippen LogP contribution is -2.49. The number of amides is 2. The Labute approximate surface area is 114 Å². The monoisotopic (exact) mass is 275 g/mol. The highest BCUT2D eigenvalue weighted by atomic mass is 35.5. The van der Waals surface area contributed by atoms with Gasteiger partial charge < -0.3 is 15.5 Å². The van der Waals surface area contributed by atoms with E-state index in [4.69, 9.17) is 0 Å². The molecule has 2 amide bonds. The quantitative estimate of drug-likeness (QED) is 0.775. The molecule has 2 aliphatic rings. The average Bonchev–Trinajstić information content (AvgIpc) is 3.12. The highest BCUT2D eigenvalue weighted by molar-refractivity contribution is 5.87. The molecule has 18 heavy (non-hydrogen) atoms. The lowest BCUT2D eigenvalue weighted by atomic mass is 10.0. The molecule has 0 radical (unpaired) electrons. The zero-order valence-corrected chi connectivity index (χ0v) is 11.6. The third-order valence-electron chi connectivity index (χ3n) is 3.31. The van der Waals surface area contributed by atoms with E-state index < -0.39 is 0 Å². The molecule has 1 aliphatic heterocycles. The Balaban J connectivity index is 0.00000162. The molecule has 0 spiro atoms. The predicted molar refractivity (Wildman–Crippen MR) is 71.7 cm³/mol. The van der Waals surface area contributed by atoms with Gasteiger partial charge in [-0.15, -0.1) is 12.4 Å². The van der Waals surface area contributed by atoms with Crippen molar-refractivity contribution in [3.8, 4) is 0 Å².